The van der Waals surface area contributed by atoms with Crippen LogP contribution in [-0.4, -0.2) is 41.7 Å². The van der Waals surface area contributed by atoms with Crippen molar-refractivity contribution in [2.45, 2.75) is 12.8 Å². The van der Waals surface area contributed by atoms with Crippen LogP contribution in [0.1, 0.15) is 33.6 Å². The molecule has 1 N–H and O–H groups in total. The van der Waals surface area contributed by atoms with Gasteiger partial charge in [-0.1, -0.05) is 0 Å². The molecule has 130 valence electrons. The summed E-state index contributed by atoms with van der Waals surface area (Å²) in [6.45, 7) is 1.06. The molecule has 0 atom stereocenters. The Labute approximate surface area is 145 Å². The molecular formula is C19H20FN3O2. The molecule has 0 saturated carbocycles. The van der Waals surface area contributed by atoms with Gasteiger partial charge in [-0.2, -0.15) is 0 Å². The Morgan fingerprint density at radius 2 is 1.72 bits per heavy atom. The first-order valence-electron chi connectivity index (χ1n) is 8.31. The van der Waals surface area contributed by atoms with Crippen molar-refractivity contribution in [2.75, 3.05) is 25.5 Å². The zero-order valence-electron chi connectivity index (χ0n) is 14.0. The topological polar surface area (TPSA) is 62.3 Å². The largest absolute Gasteiger partial charge is 0.373 e. The van der Waals surface area contributed by atoms with E-state index in [-0.39, 0.29) is 23.4 Å². The van der Waals surface area contributed by atoms with Gasteiger partial charge in [0.2, 0.25) is 0 Å². The molecule has 3 rings (SSSR count). The fourth-order valence-electron chi connectivity index (χ4n) is 3.05. The van der Waals surface area contributed by atoms with Crippen LogP contribution in [0.15, 0.2) is 42.6 Å². The molecular weight excluding hydrogens is 321 g/mol. The van der Waals surface area contributed by atoms with Crippen molar-refractivity contribution in [3.8, 4) is 0 Å². The highest BCUT2D eigenvalue weighted by molar-refractivity contribution is 5.98. The number of carbonyl (C=O) groups is 2. The molecule has 2 heterocycles. The van der Waals surface area contributed by atoms with Crippen molar-refractivity contribution >= 4 is 17.5 Å². The summed E-state index contributed by atoms with van der Waals surface area (Å²) in [5.74, 6) is 0.185. The minimum atomic E-state index is -0.352. The van der Waals surface area contributed by atoms with Gasteiger partial charge >= 0.3 is 0 Å². The Morgan fingerprint density at radius 3 is 2.28 bits per heavy atom. The number of Topliss-reactive ketones (excluding diaryl/α,β-unsaturated/α-hetero) is 1. The third-order valence-corrected chi connectivity index (χ3v) is 4.55. The van der Waals surface area contributed by atoms with Crippen LogP contribution in [0.4, 0.5) is 10.2 Å². The Hall–Kier alpha value is -2.76. The number of hydrogen-bond donors (Lipinski definition) is 1. The summed E-state index contributed by atoms with van der Waals surface area (Å²) in [5, 5.41) is 2.91. The fraction of sp³-hybridized carbons (Fsp3) is 0.316. The molecule has 1 saturated heterocycles. The van der Waals surface area contributed by atoms with Gasteiger partial charge in [-0.05, 0) is 49.2 Å². The summed E-state index contributed by atoms with van der Waals surface area (Å²) < 4.78 is 13.0. The lowest BCUT2D eigenvalue weighted by molar-refractivity contribution is 0.0650. The second kappa shape index (κ2) is 7.42. The monoisotopic (exact) mass is 341 g/mol. The lowest BCUT2D eigenvalue weighted by atomic mass is 9.88. The molecule has 0 bridgehead atoms. The summed E-state index contributed by atoms with van der Waals surface area (Å²) in [7, 11) is 1.77. The van der Waals surface area contributed by atoms with Gasteiger partial charge in [-0.15, -0.1) is 0 Å². The van der Waals surface area contributed by atoms with Crippen molar-refractivity contribution < 1.29 is 14.0 Å². The van der Waals surface area contributed by atoms with Crippen LogP contribution in [0.5, 0.6) is 0 Å². The zero-order valence-corrected chi connectivity index (χ0v) is 14.0. The van der Waals surface area contributed by atoms with E-state index in [1.807, 2.05) is 0 Å². The quantitative estimate of drug-likeness (QED) is 0.869. The first-order chi connectivity index (χ1) is 12.1. The molecule has 6 heteroatoms. The summed E-state index contributed by atoms with van der Waals surface area (Å²) in [6.07, 6.45) is 2.79. The number of aromatic nitrogens is 1. The van der Waals surface area contributed by atoms with Crippen molar-refractivity contribution in [1.29, 1.82) is 0 Å². The van der Waals surface area contributed by atoms with E-state index in [9.17, 15) is 14.0 Å². The van der Waals surface area contributed by atoms with E-state index in [0.717, 1.165) is 0 Å². The second-order valence-electron chi connectivity index (χ2n) is 6.12. The van der Waals surface area contributed by atoms with Crippen LogP contribution in [0, 0.1) is 11.7 Å². The number of amides is 1. The van der Waals surface area contributed by atoms with E-state index in [0.29, 0.717) is 42.9 Å². The number of hydrogen-bond acceptors (Lipinski definition) is 4. The molecule has 5 nitrogen and oxygen atoms in total. The predicted molar refractivity (Wildman–Crippen MR) is 93.1 cm³/mol. The van der Waals surface area contributed by atoms with Gasteiger partial charge in [0.05, 0.1) is 5.56 Å². The van der Waals surface area contributed by atoms with Crippen LogP contribution in [0.2, 0.25) is 0 Å². The van der Waals surface area contributed by atoms with E-state index in [2.05, 4.69) is 10.3 Å². The molecule has 1 aliphatic heterocycles. The number of anilines is 1. The van der Waals surface area contributed by atoms with Crippen LogP contribution in [0.25, 0.3) is 0 Å². The maximum Gasteiger partial charge on any atom is 0.255 e. The molecule has 2 aromatic rings. The van der Waals surface area contributed by atoms with Crippen LogP contribution in [-0.2, 0) is 0 Å². The molecule has 0 radical (unpaired) electrons. The number of benzene rings is 1. The molecule has 1 aromatic carbocycles. The molecule has 1 fully saturated rings. The number of pyridine rings is 1. The van der Waals surface area contributed by atoms with Gasteiger partial charge in [0.1, 0.15) is 11.6 Å². The highest BCUT2D eigenvalue weighted by Gasteiger charge is 2.28. The first kappa shape index (κ1) is 17.1. The number of nitrogens with zero attached hydrogens (tertiary/aromatic N) is 2. The van der Waals surface area contributed by atoms with Crippen molar-refractivity contribution in [3.63, 3.8) is 0 Å². The summed E-state index contributed by atoms with van der Waals surface area (Å²) in [6, 6.07) is 9.14. The smallest absolute Gasteiger partial charge is 0.255 e. The molecule has 25 heavy (non-hydrogen) atoms. The zero-order chi connectivity index (χ0) is 17.8. The van der Waals surface area contributed by atoms with Gasteiger partial charge in [0, 0.05) is 37.8 Å². The highest BCUT2D eigenvalue weighted by atomic mass is 19.1. The number of piperidine rings is 1. The van der Waals surface area contributed by atoms with Crippen molar-refractivity contribution in [2.24, 2.45) is 5.92 Å². The summed E-state index contributed by atoms with van der Waals surface area (Å²) >= 11 is 0. The van der Waals surface area contributed by atoms with Crippen LogP contribution >= 0.6 is 0 Å². The van der Waals surface area contributed by atoms with Gasteiger partial charge in [-0.3, -0.25) is 9.59 Å². The molecule has 0 aliphatic carbocycles. The average molecular weight is 341 g/mol. The lowest BCUT2D eigenvalue weighted by Crippen LogP contribution is -2.40. The number of nitrogens with one attached hydrogen (secondary N) is 1. The van der Waals surface area contributed by atoms with Gasteiger partial charge in [0.15, 0.2) is 5.78 Å². The second-order valence-corrected chi connectivity index (χ2v) is 6.12. The first-order valence-corrected chi connectivity index (χ1v) is 8.31. The van der Waals surface area contributed by atoms with E-state index in [1.165, 1.54) is 24.3 Å². The summed E-state index contributed by atoms with van der Waals surface area (Å²) in [5.41, 5.74) is 1.07. The SMILES string of the molecule is CNc1ccc(C(=O)N2CCC(C(=O)c3ccc(F)cc3)CC2)cn1. The normalized spacial score (nSPS) is 15.0. The van der Waals surface area contributed by atoms with E-state index < -0.39 is 0 Å². The van der Waals surface area contributed by atoms with E-state index in [1.54, 1.807) is 30.3 Å². The molecule has 1 aliphatic rings. The Balaban J connectivity index is 1.60. The standard InChI is InChI=1S/C19H20FN3O2/c1-21-17-7-4-15(12-22-17)19(25)23-10-8-14(9-11-23)18(24)13-2-5-16(20)6-3-13/h2-7,12,14H,8-11H2,1H3,(H,21,22). The van der Waals surface area contributed by atoms with Crippen molar-refractivity contribution in [3.05, 3.63) is 59.5 Å². The maximum atomic E-state index is 13.0. The summed E-state index contributed by atoms with van der Waals surface area (Å²) in [4.78, 5) is 30.9. The number of halogens is 1. The molecule has 0 spiro atoms. The number of rotatable bonds is 4. The lowest BCUT2D eigenvalue weighted by Gasteiger charge is -2.31. The van der Waals surface area contributed by atoms with Gasteiger partial charge < -0.3 is 10.2 Å². The minimum Gasteiger partial charge on any atom is -0.373 e. The van der Waals surface area contributed by atoms with Gasteiger partial charge in [-0.25, -0.2) is 9.37 Å². The fourth-order valence-corrected chi connectivity index (χ4v) is 3.05. The van der Waals surface area contributed by atoms with Crippen molar-refractivity contribution in [1.82, 2.24) is 9.88 Å². The van der Waals surface area contributed by atoms with E-state index >= 15 is 0 Å². The molecule has 0 unspecified atom stereocenters. The maximum absolute atomic E-state index is 13.0. The van der Waals surface area contributed by atoms with E-state index in [4.69, 9.17) is 0 Å². The Kier molecular flexibility index (Phi) is 5.07. The number of ketones is 1. The number of likely N-dealkylation sites (tertiary alicyclic amines) is 1. The third-order valence-electron chi connectivity index (χ3n) is 4.55. The van der Waals surface area contributed by atoms with Crippen LogP contribution < -0.4 is 5.32 Å². The average Bonchev–Trinajstić information content (AvgIpc) is 2.67. The Morgan fingerprint density at radius 1 is 1.08 bits per heavy atom. The molecule has 1 aromatic heterocycles. The third kappa shape index (κ3) is 3.84. The molecule has 1 amide bonds. The Bertz CT molecular complexity index is 751. The van der Waals surface area contributed by atoms with Crippen LogP contribution in [0.3, 0.4) is 0 Å². The number of carbonyl (C=O) groups excluding carboxylic acids is 2. The predicted octanol–water partition coefficient (Wildman–Crippen LogP) is 3.00. The van der Waals surface area contributed by atoms with Gasteiger partial charge in [0.25, 0.3) is 5.91 Å². The highest BCUT2D eigenvalue weighted by Crippen LogP contribution is 2.23. The minimum absolute atomic E-state index is 0.0205.